The predicted molar refractivity (Wildman–Crippen MR) is 81.7 cm³/mol. The highest BCUT2D eigenvalue weighted by molar-refractivity contribution is 7.07. The first-order valence-electron chi connectivity index (χ1n) is 7.54. The molecule has 3 rings (SSSR count). The second-order valence-corrected chi connectivity index (χ2v) is 6.63. The normalized spacial score (nSPS) is 26.1. The Morgan fingerprint density at radius 3 is 2.90 bits per heavy atom. The van der Waals surface area contributed by atoms with Gasteiger partial charge in [-0.25, -0.2) is 0 Å². The molecular weight excluding hydrogens is 270 g/mol. The topological polar surface area (TPSA) is 35.6 Å². The smallest absolute Gasteiger partial charge is 0.238 e. The largest absolute Gasteiger partial charge is 0.318 e. The number of carbonyl (C=O) groups is 1. The van der Waals surface area contributed by atoms with Crippen molar-refractivity contribution in [3.05, 3.63) is 22.4 Å². The molecule has 20 heavy (non-hydrogen) atoms. The number of hydrogen-bond donors (Lipinski definition) is 1. The van der Waals surface area contributed by atoms with E-state index in [-0.39, 0.29) is 18.1 Å². The van der Waals surface area contributed by atoms with Gasteiger partial charge in [-0.2, -0.15) is 11.3 Å². The summed E-state index contributed by atoms with van der Waals surface area (Å²) in [5, 5.41) is 7.55. The molecule has 0 saturated carbocycles. The molecule has 4 nitrogen and oxygen atoms in total. The molecule has 0 aromatic carbocycles. The number of carbonyl (C=O) groups excluding carboxylic acids is 1. The van der Waals surface area contributed by atoms with Crippen LogP contribution in [-0.4, -0.2) is 47.9 Å². The van der Waals surface area contributed by atoms with Crippen LogP contribution >= 0.6 is 11.3 Å². The number of nitrogens with zero attached hydrogens (tertiary/aromatic N) is 2. The molecule has 0 spiro atoms. The van der Waals surface area contributed by atoms with Gasteiger partial charge in [-0.15, -0.1) is 0 Å². The fourth-order valence-corrected chi connectivity index (χ4v) is 4.01. The van der Waals surface area contributed by atoms with E-state index in [4.69, 9.17) is 0 Å². The number of thiophene rings is 1. The zero-order valence-corrected chi connectivity index (χ0v) is 12.9. The minimum Gasteiger partial charge on any atom is -0.318 e. The van der Waals surface area contributed by atoms with Crippen LogP contribution in [0.15, 0.2) is 16.8 Å². The van der Waals surface area contributed by atoms with E-state index in [1.807, 2.05) is 4.90 Å². The summed E-state index contributed by atoms with van der Waals surface area (Å²) in [6.45, 7) is 6.00. The first-order valence-corrected chi connectivity index (χ1v) is 8.49. The standard InChI is InChI=1S/C15H23N3OS/c1-12(10-17-6-3-2-4-7-17)18-14(19)9-16-15(18)13-5-8-20-11-13/h5,8,11-12,15-16H,2-4,6-7,9-10H2,1H3. The van der Waals surface area contributed by atoms with Crippen LogP contribution in [0.5, 0.6) is 0 Å². The van der Waals surface area contributed by atoms with E-state index in [0.717, 1.165) is 6.54 Å². The molecule has 2 unspecified atom stereocenters. The van der Waals surface area contributed by atoms with E-state index >= 15 is 0 Å². The molecule has 2 aliphatic rings. The Hall–Kier alpha value is -0.910. The lowest BCUT2D eigenvalue weighted by atomic mass is 10.1. The second-order valence-electron chi connectivity index (χ2n) is 5.85. The van der Waals surface area contributed by atoms with Gasteiger partial charge in [0.15, 0.2) is 0 Å². The van der Waals surface area contributed by atoms with Gasteiger partial charge >= 0.3 is 0 Å². The maximum atomic E-state index is 12.2. The van der Waals surface area contributed by atoms with Crippen LogP contribution in [0, 0.1) is 0 Å². The van der Waals surface area contributed by atoms with Gasteiger partial charge in [-0.05, 0) is 55.2 Å². The predicted octanol–water partition coefficient (Wildman–Crippen LogP) is 2.05. The summed E-state index contributed by atoms with van der Waals surface area (Å²) in [4.78, 5) is 16.8. The van der Waals surface area contributed by atoms with Crippen LogP contribution in [0.1, 0.15) is 37.9 Å². The quantitative estimate of drug-likeness (QED) is 0.923. The Kier molecular flexibility index (Phi) is 4.38. The zero-order chi connectivity index (χ0) is 13.9. The molecule has 0 aliphatic carbocycles. The van der Waals surface area contributed by atoms with Crippen molar-refractivity contribution in [3.63, 3.8) is 0 Å². The van der Waals surface area contributed by atoms with E-state index in [1.54, 1.807) is 11.3 Å². The fourth-order valence-electron chi connectivity index (χ4n) is 3.33. The molecular formula is C15H23N3OS. The lowest BCUT2D eigenvalue weighted by Crippen LogP contribution is -2.46. The van der Waals surface area contributed by atoms with Gasteiger partial charge in [0.1, 0.15) is 6.17 Å². The van der Waals surface area contributed by atoms with E-state index in [9.17, 15) is 4.79 Å². The third kappa shape index (κ3) is 2.90. The highest BCUT2D eigenvalue weighted by Crippen LogP contribution is 2.27. The van der Waals surface area contributed by atoms with E-state index in [0.29, 0.717) is 6.54 Å². The van der Waals surface area contributed by atoms with Gasteiger partial charge < -0.3 is 9.80 Å². The summed E-state index contributed by atoms with van der Waals surface area (Å²) in [5.74, 6) is 0.228. The first-order chi connectivity index (χ1) is 9.75. The van der Waals surface area contributed by atoms with Crippen molar-refractivity contribution in [1.82, 2.24) is 15.1 Å². The van der Waals surface area contributed by atoms with E-state index in [1.165, 1.54) is 37.9 Å². The Morgan fingerprint density at radius 2 is 2.20 bits per heavy atom. The average Bonchev–Trinajstić information content (AvgIpc) is 3.08. The molecule has 110 valence electrons. The summed E-state index contributed by atoms with van der Waals surface area (Å²) in [5.41, 5.74) is 1.21. The molecule has 2 atom stereocenters. The maximum absolute atomic E-state index is 12.2. The van der Waals surface area contributed by atoms with E-state index < -0.39 is 0 Å². The van der Waals surface area contributed by atoms with Crippen LogP contribution in [0.25, 0.3) is 0 Å². The second kappa shape index (κ2) is 6.24. The van der Waals surface area contributed by atoms with Gasteiger partial charge in [0, 0.05) is 12.6 Å². The van der Waals surface area contributed by atoms with Gasteiger partial charge in [-0.1, -0.05) is 6.42 Å². The summed E-state index contributed by atoms with van der Waals surface area (Å²) in [6.07, 6.45) is 4.01. The Bertz CT molecular complexity index is 442. The van der Waals surface area contributed by atoms with Crippen LogP contribution in [-0.2, 0) is 4.79 Å². The number of hydrogen-bond acceptors (Lipinski definition) is 4. The van der Waals surface area contributed by atoms with Crippen molar-refractivity contribution in [1.29, 1.82) is 0 Å². The summed E-state index contributed by atoms with van der Waals surface area (Å²) < 4.78 is 0. The van der Waals surface area contributed by atoms with Crippen molar-refractivity contribution >= 4 is 17.2 Å². The molecule has 1 aromatic heterocycles. The van der Waals surface area contributed by atoms with Gasteiger partial charge in [0.05, 0.1) is 6.54 Å². The van der Waals surface area contributed by atoms with E-state index in [2.05, 4.69) is 34.0 Å². The van der Waals surface area contributed by atoms with Crippen molar-refractivity contribution in [2.45, 2.75) is 38.4 Å². The Balaban J connectivity index is 1.67. The van der Waals surface area contributed by atoms with Crippen molar-refractivity contribution in [3.8, 4) is 0 Å². The van der Waals surface area contributed by atoms with Crippen molar-refractivity contribution in [2.75, 3.05) is 26.2 Å². The summed E-state index contributed by atoms with van der Waals surface area (Å²) in [7, 11) is 0. The Morgan fingerprint density at radius 1 is 1.40 bits per heavy atom. The maximum Gasteiger partial charge on any atom is 0.238 e. The van der Waals surface area contributed by atoms with Gasteiger partial charge in [-0.3, -0.25) is 10.1 Å². The number of amides is 1. The average molecular weight is 293 g/mol. The molecule has 3 heterocycles. The minimum atomic E-state index is 0.0635. The molecule has 5 heteroatoms. The van der Waals surface area contributed by atoms with Gasteiger partial charge in [0.25, 0.3) is 0 Å². The number of nitrogens with one attached hydrogen (secondary N) is 1. The zero-order valence-electron chi connectivity index (χ0n) is 12.0. The van der Waals surface area contributed by atoms with Crippen LogP contribution < -0.4 is 5.32 Å². The number of likely N-dealkylation sites (tertiary alicyclic amines) is 1. The van der Waals surface area contributed by atoms with Crippen molar-refractivity contribution in [2.24, 2.45) is 0 Å². The Labute approximate surface area is 124 Å². The third-order valence-corrected chi connectivity index (χ3v) is 5.02. The third-order valence-electron chi connectivity index (χ3n) is 4.32. The minimum absolute atomic E-state index is 0.0635. The monoisotopic (exact) mass is 293 g/mol. The number of piperidine rings is 1. The van der Waals surface area contributed by atoms with Crippen molar-refractivity contribution < 1.29 is 4.79 Å². The van der Waals surface area contributed by atoms with Crippen LogP contribution in [0.4, 0.5) is 0 Å². The highest BCUT2D eigenvalue weighted by Gasteiger charge is 2.35. The molecule has 1 aromatic rings. The van der Waals surface area contributed by atoms with Crippen LogP contribution in [0.3, 0.4) is 0 Å². The molecule has 0 bridgehead atoms. The molecule has 1 N–H and O–H groups in total. The lowest BCUT2D eigenvalue weighted by molar-refractivity contribution is -0.130. The lowest BCUT2D eigenvalue weighted by Gasteiger charge is -2.35. The summed E-state index contributed by atoms with van der Waals surface area (Å²) >= 11 is 1.69. The molecule has 2 saturated heterocycles. The molecule has 2 fully saturated rings. The number of rotatable bonds is 4. The first kappa shape index (κ1) is 14.0. The van der Waals surface area contributed by atoms with Gasteiger partial charge in [0.2, 0.25) is 5.91 Å². The highest BCUT2D eigenvalue weighted by atomic mass is 32.1. The summed E-state index contributed by atoms with van der Waals surface area (Å²) in [6, 6.07) is 2.38. The fraction of sp³-hybridized carbons (Fsp3) is 0.667. The molecule has 1 amide bonds. The molecule has 2 aliphatic heterocycles. The molecule has 0 radical (unpaired) electrons. The van der Waals surface area contributed by atoms with Crippen LogP contribution in [0.2, 0.25) is 0 Å². The SMILES string of the molecule is CC(CN1CCCCC1)N1C(=O)CNC1c1ccsc1.